The van der Waals surface area contributed by atoms with Crippen molar-refractivity contribution in [1.29, 1.82) is 0 Å². The van der Waals surface area contributed by atoms with Crippen LogP contribution >= 0.6 is 12.2 Å². The van der Waals surface area contributed by atoms with Gasteiger partial charge in [0.1, 0.15) is 5.82 Å². The van der Waals surface area contributed by atoms with Gasteiger partial charge in [-0.25, -0.2) is 9.07 Å². The van der Waals surface area contributed by atoms with Crippen LogP contribution in [0, 0.1) is 10.6 Å². The van der Waals surface area contributed by atoms with Crippen LogP contribution in [0.5, 0.6) is 0 Å². The molecule has 1 saturated heterocycles. The van der Waals surface area contributed by atoms with Gasteiger partial charge < -0.3 is 4.57 Å². The van der Waals surface area contributed by atoms with Crippen molar-refractivity contribution >= 4 is 18.3 Å². The molecule has 2 aromatic carbocycles. The van der Waals surface area contributed by atoms with Crippen molar-refractivity contribution in [3.05, 3.63) is 76.8 Å². The number of rotatable bonds is 6. The lowest BCUT2D eigenvalue weighted by Crippen LogP contribution is -2.46. The third-order valence-electron chi connectivity index (χ3n) is 5.43. The van der Waals surface area contributed by atoms with Crippen LogP contribution < -0.4 is 0 Å². The summed E-state index contributed by atoms with van der Waals surface area (Å²) in [5.41, 5.74) is 1.70. The van der Waals surface area contributed by atoms with Crippen LogP contribution in [0.15, 0.2) is 60.7 Å². The standard InChI is InChI=1S/C23H26FN5S/c1-26-22(20-11-5-6-12-21(20)24)25-29(23(26)30)18-28-16-14-27(15-17-28)13-7-10-19-8-3-2-4-9-19/h2-12H,13-18H2,1H3/b10-7+. The molecule has 1 fully saturated rings. The summed E-state index contributed by atoms with van der Waals surface area (Å²) in [6.07, 6.45) is 4.39. The first-order valence-electron chi connectivity index (χ1n) is 10.2. The topological polar surface area (TPSA) is 29.2 Å². The fraction of sp³-hybridized carbons (Fsp3) is 0.304. The Morgan fingerprint density at radius 2 is 1.63 bits per heavy atom. The monoisotopic (exact) mass is 423 g/mol. The van der Waals surface area contributed by atoms with E-state index in [4.69, 9.17) is 12.2 Å². The summed E-state index contributed by atoms with van der Waals surface area (Å²) >= 11 is 5.55. The Hall–Kier alpha value is -2.61. The highest BCUT2D eigenvalue weighted by Gasteiger charge is 2.19. The molecule has 7 heteroatoms. The van der Waals surface area contributed by atoms with Crippen LogP contribution in [-0.2, 0) is 13.7 Å². The summed E-state index contributed by atoms with van der Waals surface area (Å²) in [5, 5.41) is 4.61. The van der Waals surface area contributed by atoms with Gasteiger partial charge in [-0.15, -0.1) is 0 Å². The molecule has 0 atom stereocenters. The maximum absolute atomic E-state index is 14.2. The molecular formula is C23H26FN5S. The molecule has 0 spiro atoms. The molecule has 0 aliphatic carbocycles. The lowest BCUT2D eigenvalue weighted by molar-refractivity contribution is 0.110. The predicted molar refractivity (Wildman–Crippen MR) is 121 cm³/mol. The maximum Gasteiger partial charge on any atom is 0.199 e. The minimum Gasteiger partial charge on any atom is -0.303 e. The summed E-state index contributed by atoms with van der Waals surface area (Å²) in [6.45, 7) is 5.47. The summed E-state index contributed by atoms with van der Waals surface area (Å²) in [5.74, 6) is 0.271. The third kappa shape index (κ3) is 4.75. The Bertz CT molecular complexity index is 1060. The third-order valence-corrected chi connectivity index (χ3v) is 5.91. The first kappa shape index (κ1) is 20.7. The van der Waals surface area contributed by atoms with Crippen LogP contribution in [0.25, 0.3) is 17.5 Å². The van der Waals surface area contributed by atoms with Gasteiger partial charge in [0.25, 0.3) is 0 Å². The largest absolute Gasteiger partial charge is 0.303 e. The molecule has 0 bridgehead atoms. The predicted octanol–water partition coefficient (Wildman–Crippen LogP) is 4.05. The fourth-order valence-electron chi connectivity index (χ4n) is 3.66. The van der Waals surface area contributed by atoms with Crippen molar-refractivity contribution < 1.29 is 4.39 Å². The molecular weight excluding hydrogens is 397 g/mol. The van der Waals surface area contributed by atoms with Gasteiger partial charge in [-0.05, 0) is 29.9 Å². The molecule has 4 rings (SSSR count). The van der Waals surface area contributed by atoms with Gasteiger partial charge >= 0.3 is 0 Å². The number of aromatic nitrogens is 3. The highest BCUT2D eigenvalue weighted by atomic mass is 32.1. The van der Waals surface area contributed by atoms with E-state index in [0.29, 0.717) is 22.8 Å². The summed E-state index contributed by atoms with van der Waals surface area (Å²) in [4.78, 5) is 4.78. The molecule has 0 radical (unpaired) electrons. The molecule has 0 unspecified atom stereocenters. The second-order valence-electron chi connectivity index (χ2n) is 7.52. The second-order valence-corrected chi connectivity index (χ2v) is 7.88. The van der Waals surface area contributed by atoms with Crippen LogP contribution in [0.2, 0.25) is 0 Å². The highest BCUT2D eigenvalue weighted by Crippen LogP contribution is 2.21. The quantitative estimate of drug-likeness (QED) is 0.560. The zero-order chi connectivity index (χ0) is 20.9. The van der Waals surface area contributed by atoms with E-state index in [1.165, 1.54) is 11.6 Å². The van der Waals surface area contributed by atoms with Crippen molar-refractivity contribution in [3.63, 3.8) is 0 Å². The van der Waals surface area contributed by atoms with E-state index in [9.17, 15) is 4.39 Å². The van der Waals surface area contributed by atoms with Crippen molar-refractivity contribution in [3.8, 4) is 11.4 Å². The van der Waals surface area contributed by atoms with Crippen molar-refractivity contribution in [1.82, 2.24) is 24.1 Å². The summed E-state index contributed by atoms with van der Waals surface area (Å²) in [7, 11) is 1.84. The molecule has 30 heavy (non-hydrogen) atoms. The van der Waals surface area contributed by atoms with Crippen LogP contribution in [0.3, 0.4) is 0 Å². The highest BCUT2D eigenvalue weighted by molar-refractivity contribution is 7.71. The van der Waals surface area contributed by atoms with E-state index in [2.05, 4.69) is 51.3 Å². The lowest BCUT2D eigenvalue weighted by atomic mass is 10.2. The molecule has 3 aromatic rings. The van der Waals surface area contributed by atoms with Crippen LogP contribution in [0.4, 0.5) is 4.39 Å². The number of hydrogen-bond acceptors (Lipinski definition) is 4. The molecule has 0 N–H and O–H groups in total. The van der Waals surface area contributed by atoms with Gasteiger partial charge in [0, 0.05) is 39.8 Å². The Morgan fingerprint density at radius 3 is 2.37 bits per heavy atom. The normalized spacial score (nSPS) is 15.8. The minimum absolute atomic E-state index is 0.287. The molecule has 0 saturated carbocycles. The minimum atomic E-state index is -0.287. The molecule has 156 valence electrons. The van der Waals surface area contributed by atoms with Crippen molar-refractivity contribution in [2.75, 3.05) is 32.7 Å². The fourth-order valence-corrected chi connectivity index (χ4v) is 3.85. The molecule has 1 aromatic heterocycles. The Kier molecular flexibility index (Phi) is 6.52. The van der Waals surface area contributed by atoms with Gasteiger partial charge in [0.2, 0.25) is 0 Å². The van der Waals surface area contributed by atoms with E-state index >= 15 is 0 Å². The van der Waals surface area contributed by atoms with Crippen LogP contribution in [0.1, 0.15) is 5.56 Å². The number of piperazine rings is 1. The van der Waals surface area contributed by atoms with Gasteiger partial charge in [0.15, 0.2) is 10.6 Å². The number of nitrogens with zero attached hydrogens (tertiary/aromatic N) is 5. The summed E-state index contributed by atoms with van der Waals surface area (Å²) < 4.78 is 18.4. The van der Waals surface area contributed by atoms with Gasteiger partial charge in [-0.1, -0.05) is 54.6 Å². The van der Waals surface area contributed by atoms with E-state index < -0.39 is 0 Å². The number of halogens is 1. The van der Waals surface area contributed by atoms with Gasteiger partial charge in [-0.3, -0.25) is 9.80 Å². The van der Waals surface area contributed by atoms with E-state index in [1.54, 1.807) is 21.4 Å². The second kappa shape index (κ2) is 9.47. The van der Waals surface area contributed by atoms with E-state index in [1.807, 2.05) is 19.2 Å². The molecule has 1 aliphatic rings. The Balaban J connectivity index is 1.34. The smallest absolute Gasteiger partial charge is 0.199 e. The molecule has 1 aliphatic heterocycles. The zero-order valence-electron chi connectivity index (χ0n) is 17.1. The van der Waals surface area contributed by atoms with E-state index in [-0.39, 0.29) is 5.82 Å². The lowest BCUT2D eigenvalue weighted by Gasteiger charge is -2.33. The Labute approximate surface area is 181 Å². The average Bonchev–Trinajstić information content (AvgIpc) is 3.04. The SMILES string of the molecule is Cn1c(-c2ccccc2F)nn(CN2CCN(C/C=C/c3ccccc3)CC2)c1=S. The first-order chi connectivity index (χ1) is 14.6. The number of benzene rings is 2. The zero-order valence-corrected chi connectivity index (χ0v) is 17.9. The first-order valence-corrected chi connectivity index (χ1v) is 10.6. The maximum atomic E-state index is 14.2. The Morgan fingerprint density at radius 1 is 0.967 bits per heavy atom. The average molecular weight is 424 g/mol. The van der Waals surface area contributed by atoms with Gasteiger partial charge in [-0.2, -0.15) is 5.10 Å². The van der Waals surface area contributed by atoms with Crippen LogP contribution in [-0.4, -0.2) is 56.9 Å². The molecule has 2 heterocycles. The summed E-state index contributed by atoms with van der Waals surface area (Å²) in [6, 6.07) is 17.0. The van der Waals surface area contributed by atoms with E-state index in [0.717, 1.165) is 32.7 Å². The number of hydrogen-bond donors (Lipinski definition) is 0. The van der Waals surface area contributed by atoms with Crippen molar-refractivity contribution in [2.24, 2.45) is 7.05 Å². The van der Waals surface area contributed by atoms with Gasteiger partial charge in [0.05, 0.1) is 12.2 Å². The molecule has 0 amide bonds. The van der Waals surface area contributed by atoms with Crippen molar-refractivity contribution in [2.45, 2.75) is 6.67 Å². The molecule has 5 nitrogen and oxygen atoms in total.